The molecule has 7 nitrogen and oxygen atoms in total. The second-order valence-corrected chi connectivity index (χ2v) is 7.28. The van der Waals surface area contributed by atoms with Gasteiger partial charge in [-0.1, -0.05) is 0 Å². The third-order valence-electron chi connectivity index (χ3n) is 4.52. The average Bonchev–Trinajstić information content (AvgIpc) is 3.06. The average molecular weight is 384 g/mol. The summed E-state index contributed by atoms with van der Waals surface area (Å²) in [6, 6.07) is 7.28. The largest absolute Gasteiger partial charge is 0.494 e. The third kappa shape index (κ3) is 3.52. The van der Waals surface area contributed by atoms with Crippen molar-refractivity contribution in [2.45, 2.75) is 19.9 Å². The van der Waals surface area contributed by atoms with Crippen LogP contribution >= 0.6 is 11.3 Å². The number of thiophene rings is 1. The molecule has 0 saturated heterocycles. The van der Waals surface area contributed by atoms with Gasteiger partial charge in [0.25, 0.3) is 5.91 Å². The van der Waals surface area contributed by atoms with Crippen LogP contribution in [0.3, 0.4) is 0 Å². The lowest BCUT2D eigenvalue weighted by Gasteiger charge is -2.27. The SMILES string of the molecule is CCOc1ccc(OCC(=O)N2CCc3c(sc4ncnc(N)c34)C2)cc1. The fourth-order valence-corrected chi connectivity index (χ4v) is 4.41. The molecule has 1 amide bonds. The zero-order chi connectivity index (χ0) is 18.8. The molecule has 2 N–H and O–H groups in total. The Hall–Kier alpha value is -2.87. The molecule has 140 valence electrons. The molecule has 0 fully saturated rings. The van der Waals surface area contributed by atoms with Gasteiger partial charge < -0.3 is 20.1 Å². The van der Waals surface area contributed by atoms with Gasteiger partial charge in [0.2, 0.25) is 0 Å². The second kappa shape index (κ2) is 7.40. The van der Waals surface area contributed by atoms with Gasteiger partial charge in [-0.25, -0.2) is 9.97 Å². The number of carbonyl (C=O) groups is 1. The molecule has 0 atom stereocenters. The Morgan fingerprint density at radius 3 is 2.70 bits per heavy atom. The van der Waals surface area contributed by atoms with Crippen LogP contribution in [-0.2, 0) is 17.8 Å². The Kier molecular flexibility index (Phi) is 4.81. The standard InChI is InChI=1S/C19H20N4O3S/c1-2-25-12-3-5-13(6-4-12)26-10-16(24)23-8-7-14-15(9-23)27-19-17(14)18(20)21-11-22-19/h3-6,11H,2,7-10H2,1H3,(H2,20,21,22). The summed E-state index contributed by atoms with van der Waals surface area (Å²) in [6.45, 7) is 3.76. The number of nitrogens with zero attached hydrogens (tertiary/aromatic N) is 3. The highest BCUT2D eigenvalue weighted by molar-refractivity contribution is 7.19. The van der Waals surface area contributed by atoms with E-state index in [1.54, 1.807) is 23.5 Å². The van der Waals surface area contributed by atoms with Gasteiger partial charge in [0, 0.05) is 11.4 Å². The van der Waals surface area contributed by atoms with Crippen molar-refractivity contribution in [1.29, 1.82) is 0 Å². The quantitative estimate of drug-likeness (QED) is 0.727. The molecule has 0 unspecified atom stereocenters. The molecular weight excluding hydrogens is 364 g/mol. The minimum absolute atomic E-state index is 0.0101. The topological polar surface area (TPSA) is 90.6 Å². The molecular formula is C19H20N4O3S. The molecule has 27 heavy (non-hydrogen) atoms. The molecule has 1 aliphatic heterocycles. The van der Waals surface area contributed by atoms with E-state index in [9.17, 15) is 4.79 Å². The van der Waals surface area contributed by atoms with Crippen LogP contribution in [0.5, 0.6) is 11.5 Å². The Labute approximate surface area is 160 Å². The van der Waals surface area contributed by atoms with E-state index in [2.05, 4.69) is 9.97 Å². The van der Waals surface area contributed by atoms with Crippen molar-refractivity contribution >= 4 is 33.3 Å². The highest BCUT2D eigenvalue weighted by Crippen LogP contribution is 2.36. The molecule has 4 rings (SSSR count). The predicted octanol–water partition coefficient (Wildman–Crippen LogP) is 2.64. The number of anilines is 1. The number of nitrogen functional groups attached to an aromatic ring is 1. The number of hydrogen-bond donors (Lipinski definition) is 1. The van der Waals surface area contributed by atoms with Gasteiger partial charge >= 0.3 is 0 Å². The molecule has 8 heteroatoms. The molecule has 0 saturated carbocycles. The molecule has 1 aliphatic rings. The summed E-state index contributed by atoms with van der Waals surface area (Å²) in [5.41, 5.74) is 7.18. The van der Waals surface area contributed by atoms with Gasteiger partial charge in [-0.15, -0.1) is 11.3 Å². The van der Waals surface area contributed by atoms with Crippen LogP contribution in [0.25, 0.3) is 10.2 Å². The number of aromatic nitrogens is 2. The number of fused-ring (bicyclic) bond motifs is 3. The fourth-order valence-electron chi connectivity index (χ4n) is 3.20. The van der Waals surface area contributed by atoms with Crippen molar-refractivity contribution in [2.75, 3.05) is 25.5 Å². The van der Waals surface area contributed by atoms with Crippen LogP contribution in [0.4, 0.5) is 5.82 Å². The third-order valence-corrected chi connectivity index (χ3v) is 5.64. The van der Waals surface area contributed by atoms with E-state index in [0.29, 0.717) is 31.3 Å². The van der Waals surface area contributed by atoms with Crippen molar-refractivity contribution in [3.63, 3.8) is 0 Å². The molecule has 0 aliphatic carbocycles. The first-order valence-corrected chi connectivity index (χ1v) is 9.61. The summed E-state index contributed by atoms with van der Waals surface area (Å²) >= 11 is 1.58. The molecule has 3 heterocycles. The maximum absolute atomic E-state index is 12.6. The normalized spacial score (nSPS) is 13.4. The highest BCUT2D eigenvalue weighted by Gasteiger charge is 2.26. The molecule has 3 aromatic rings. The summed E-state index contributed by atoms with van der Waals surface area (Å²) in [4.78, 5) is 24.8. The monoisotopic (exact) mass is 384 g/mol. The molecule has 0 bridgehead atoms. The van der Waals surface area contributed by atoms with Gasteiger partial charge in [0.15, 0.2) is 6.61 Å². The molecule has 1 aromatic carbocycles. The summed E-state index contributed by atoms with van der Waals surface area (Å²) in [6.07, 6.45) is 2.23. The zero-order valence-electron chi connectivity index (χ0n) is 15.0. The second-order valence-electron chi connectivity index (χ2n) is 6.20. The minimum atomic E-state index is -0.0361. The van der Waals surface area contributed by atoms with Crippen LogP contribution in [0.15, 0.2) is 30.6 Å². The first-order chi connectivity index (χ1) is 13.2. The van der Waals surface area contributed by atoms with Crippen LogP contribution in [0.1, 0.15) is 17.4 Å². The number of nitrogens with two attached hydrogens (primary N) is 1. The summed E-state index contributed by atoms with van der Waals surface area (Å²) in [5, 5.41) is 0.940. The van der Waals surface area contributed by atoms with E-state index in [1.165, 1.54) is 11.9 Å². The maximum Gasteiger partial charge on any atom is 0.260 e. The number of benzene rings is 1. The number of carbonyl (C=O) groups excluding carboxylic acids is 1. The van der Waals surface area contributed by atoms with Crippen LogP contribution in [0.2, 0.25) is 0 Å². The molecule has 0 radical (unpaired) electrons. The van der Waals surface area contributed by atoms with E-state index in [4.69, 9.17) is 15.2 Å². The van der Waals surface area contributed by atoms with Crippen LogP contribution in [0, 0.1) is 0 Å². The van der Waals surface area contributed by atoms with Crippen molar-refractivity contribution in [2.24, 2.45) is 0 Å². The van der Waals surface area contributed by atoms with Gasteiger partial charge in [-0.05, 0) is 43.2 Å². The number of amides is 1. The van der Waals surface area contributed by atoms with Crippen molar-refractivity contribution < 1.29 is 14.3 Å². The first kappa shape index (κ1) is 17.5. The smallest absolute Gasteiger partial charge is 0.260 e. The van der Waals surface area contributed by atoms with Crippen molar-refractivity contribution in [3.8, 4) is 11.5 Å². The number of ether oxygens (including phenoxy) is 2. The van der Waals surface area contributed by atoms with E-state index in [1.807, 2.05) is 24.0 Å². The Balaban J connectivity index is 1.40. The lowest BCUT2D eigenvalue weighted by Crippen LogP contribution is -2.38. The zero-order valence-corrected chi connectivity index (χ0v) is 15.8. The van der Waals surface area contributed by atoms with Gasteiger partial charge in [-0.3, -0.25) is 4.79 Å². The van der Waals surface area contributed by atoms with Gasteiger partial charge in [-0.2, -0.15) is 0 Å². The van der Waals surface area contributed by atoms with Gasteiger partial charge in [0.1, 0.15) is 28.5 Å². The van der Waals surface area contributed by atoms with E-state index < -0.39 is 0 Å². The maximum atomic E-state index is 12.6. The van der Waals surface area contributed by atoms with Gasteiger partial charge in [0.05, 0.1) is 18.5 Å². The minimum Gasteiger partial charge on any atom is -0.494 e. The summed E-state index contributed by atoms with van der Waals surface area (Å²) in [7, 11) is 0. The first-order valence-electron chi connectivity index (χ1n) is 8.80. The van der Waals surface area contributed by atoms with E-state index in [-0.39, 0.29) is 12.5 Å². The number of rotatable bonds is 5. The van der Waals surface area contributed by atoms with E-state index >= 15 is 0 Å². The van der Waals surface area contributed by atoms with E-state index in [0.717, 1.165) is 27.3 Å². The van der Waals surface area contributed by atoms with Crippen LogP contribution < -0.4 is 15.2 Å². The highest BCUT2D eigenvalue weighted by atomic mass is 32.1. The summed E-state index contributed by atoms with van der Waals surface area (Å²) in [5.74, 6) is 1.91. The summed E-state index contributed by atoms with van der Waals surface area (Å²) < 4.78 is 11.0. The number of hydrogen-bond acceptors (Lipinski definition) is 7. The fraction of sp³-hybridized carbons (Fsp3) is 0.316. The Morgan fingerprint density at radius 2 is 1.96 bits per heavy atom. The predicted molar refractivity (Wildman–Crippen MR) is 104 cm³/mol. The van der Waals surface area contributed by atoms with Crippen LogP contribution in [-0.4, -0.2) is 40.5 Å². The van der Waals surface area contributed by atoms with Crippen molar-refractivity contribution in [3.05, 3.63) is 41.0 Å². The Bertz CT molecular complexity index is 971. The molecule has 0 spiro atoms. The Morgan fingerprint density at radius 1 is 1.22 bits per heavy atom. The lowest BCUT2D eigenvalue weighted by atomic mass is 10.1. The molecule has 2 aromatic heterocycles. The van der Waals surface area contributed by atoms with Crippen molar-refractivity contribution in [1.82, 2.24) is 14.9 Å². The lowest BCUT2D eigenvalue weighted by molar-refractivity contribution is -0.134.